The van der Waals surface area contributed by atoms with Crippen LogP contribution >= 0.6 is 0 Å². The Balaban J connectivity index is 1.92. The lowest BCUT2D eigenvalue weighted by Gasteiger charge is -2.33. The van der Waals surface area contributed by atoms with Crippen LogP contribution in [0.3, 0.4) is 0 Å². The lowest BCUT2D eigenvalue weighted by Crippen LogP contribution is -2.40. The van der Waals surface area contributed by atoms with Crippen molar-refractivity contribution in [2.24, 2.45) is 5.92 Å². The lowest BCUT2D eigenvalue weighted by molar-refractivity contribution is -0.142. The van der Waals surface area contributed by atoms with Crippen molar-refractivity contribution in [1.82, 2.24) is 4.90 Å². The molecule has 0 saturated heterocycles. The first-order chi connectivity index (χ1) is 17.1. The fourth-order valence-electron chi connectivity index (χ4n) is 5.65. The first-order valence-electron chi connectivity index (χ1n) is 13.6. The molecule has 0 aromatic heterocycles. The molecule has 0 radical (unpaired) electrons. The van der Waals surface area contributed by atoms with E-state index in [1.165, 1.54) is 28.8 Å². The summed E-state index contributed by atoms with van der Waals surface area (Å²) in [4.78, 5) is 13.5. The van der Waals surface area contributed by atoms with Crippen LogP contribution in [0.15, 0.2) is 42.5 Å². The van der Waals surface area contributed by atoms with E-state index >= 15 is 0 Å². The SMILES string of the molecule is CC(OC1CCC(CN(C)C(C)C(=O)O)C1c1ccc(F)cc1)c1ccc(C(C)(C)C)cc1C(C)(C)C. The summed E-state index contributed by atoms with van der Waals surface area (Å²) in [5.41, 5.74) is 4.91. The monoisotopic (exact) mass is 511 g/mol. The molecular formula is C32H46FNO3. The van der Waals surface area contributed by atoms with Gasteiger partial charge >= 0.3 is 5.97 Å². The Labute approximate surface area is 223 Å². The molecule has 4 nitrogen and oxygen atoms in total. The standard InChI is InChI=1S/C32H46FNO3/c1-20(30(35)36)34(9)19-23-12-17-28(29(23)22-10-14-25(33)15-11-22)37-21(2)26-16-13-24(31(3,4)5)18-27(26)32(6,7)8/h10-11,13-16,18,20-21,23,28-29H,12,17,19H2,1-9H3,(H,35,36). The fraction of sp³-hybridized carbons (Fsp3) is 0.594. The number of carbonyl (C=O) groups is 1. The maximum absolute atomic E-state index is 13.8. The molecule has 3 rings (SSSR count). The highest BCUT2D eigenvalue weighted by molar-refractivity contribution is 5.72. The molecule has 37 heavy (non-hydrogen) atoms. The Hall–Kier alpha value is -2.24. The number of likely N-dealkylation sites (N-methyl/N-ethyl adjacent to an activating group) is 1. The van der Waals surface area contributed by atoms with Gasteiger partial charge in [-0.2, -0.15) is 0 Å². The van der Waals surface area contributed by atoms with Crippen LogP contribution < -0.4 is 0 Å². The van der Waals surface area contributed by atoms with Crippen molar-refractivity contribution in [3.63, 3.8) is 0 Å². The van der Waals surface area contributed by atoms with Gasteiger partial charge in [-0.05, 0) is 84.9 Å². The van der Waals surface area contributed by atoms with E-state index in [1.54, 1.807) is 6.92 Å². The number of carboxylic acids is 1. The van der Waals surface area contributed by atoms with Crippen molar-refractivity contribution in [2.75, 3.05) is 13.6 Å². The molecule has 5 atom stereocenters. The number of hydrogen-bond acceptors (Lipinski definition) is 3. The molecule has 5 heteroatoms. The molecule has 1 N–H and O–H groups in total. The second-order valence-electron chi connectivity index (χ2n) is 13.0. The lowest BCUT2D eigenvalue weighted by atomic mass is 9.77. The molecule has 0 aliphatic heterocycles. The quantitative estimate of drug-likeness (QED) is 0.399. The van der Waals surface area contributed by atoms with Crippen LogP contribution in [-0.4, -0.2) is 41.7 Å². The van der Waals surface area contributed by atoms with E-state index in [0.717, 1.165) is 18.4 Å². The van der Waals surface area contributed by atoms with Crippen molar-refractivity contribution >= 4 is 5.97 Å². The largest absolute Gasteiger partial charge is 0.480 e. The van der Waals surface area contributed by atoms with Crippen molar-refractivity contribution < 1.29 is 19.0 Å². The van der Waals surface area contributed by atoms with Gasteiger partial charge in [0.2, 0.25) is 0 Å². The van der Waals surface area contributed by atoms with Crippen molar-refractivity contribution in [2.45, 2.75) is 103 Å². The zero-order valence-electron chi connectivity index (χ0n) is 24.1. The number of halogens is 1. The number of nitrogens with zero attached hydrogens (tertiary/aromatic N) is 1. The van der Waals surface area contributed by atoms with Gasteiger partial charge < -0.3 is 9.84 Å². The van der Waals surface area contributed by atoms with E-state index in [9.17, 15) is 14.3 Å². The van der Waals surface area contributed by atoms with E-state index in [4.69, 9.17) is 4.74 Å². The van der Waals surface area contributed by atoms with Crippen LogP contribution in [0.5, 0.6) is 0 Å². The first-order valence-corrected chi connectivity index (χ1v) is 13.6. The van der Waals surface area contributed by atoms with Crippen LogP contribution in [0.4, 0.5) is 4.39 Å². The zero-order chi connectivity index (χ0) is 27.7. The molecule has 1 aliphatic rings. The van der Waals surface area contributed by atoms with Gasteiger partial charge in [0.15, 0.2) is 0 Å². The average molecular weight is 512 g/mol. The van der Waals surface area contributed by atoms with E-state index < -0.39 is 12.0 Å². The summed E-state index contributed by atoms with van der Waals surface area (Å²) >= 11 is 0. The molecule has 1 saturated carbocycles. The second kappa shape index (κ2) is 11.2. The van der Waals surface area contributed by atoms with Gasteiger partial charge in [-0.3, -0.25) is 9.69 Å². The van der Waals surface area contributed by atoms with E-state index in [2.05, 4.69) is 66.7 Å². The predicted molar refractivity (Wildman–Crippen MR) is 149 cm³/mol. The Kier molecular flexibility index (Phi) is 8.91. The minimum absolute atomic E-state index is 0.0293. The Bertz CT molecular complexity index is 1070. The van der Waals surface area contributed by atoms with Crippen molar-refractivity contribution in [3.8, 4) is 0 Å². The highest BCUT2D eigenvalue weighted by atomic mass is 19.1. The molecule has 0 amide bonds. The van der Waals surface area contributed by atoms with Crippen LogP contribution in [0.1, 0.15) is 103 Å². The molecule has 5 unspecified atom stereocenters. The number of carboxylic acid groups (broad SMARTS) is 1. The smallest absolute Gasteiger partial charge is 0.320 e. The van der Waals surface area contributed by atoms with Crippen molar-refractivity contribution in [1.29, 1.82) is 0 Å². The van der Waals surface area contributed by atoms with E-state index in [1.807, 2.05) is 24.1 Å². The van der Waals surface area contributed by atoms with E-state index in [-0.39, 0.29) is 40.7 Å². The minimum atomic E-state index is -0.825. The fourth-order valence-corrected chi connectivity index (χ4v) is 5.65. The van der Waals surface area contributed by atoms with Gasteiger partial charge in [0, 0.05) is 12.5 Å². The zero-order valence-corrected chi connectivity index (χ0v) is 24.1. The summed E-state index contributed by atoms with van der Waals surface area (Å²) in [5.74, 6) is -0.790. The Morgan fingerprint density at radius 1 is 1.03 bits per heavy atom. The molecule has 0 heterocycles. The molecule has 2 aromatic carbocycles. The first kappa shape index (κ1) is 29.3. The van der Waals surface area contributed by atoms with Gasteiger partial charge in [0.1, 0.15) is 11.9 Å². The number of benzene rings is 2. The average Bonchev–Trinajstić information content (AvgIpc) is 3.19. The third kappa shape index (κ3) is 7.00. The molecule has 2 aromatic rings. The maximum Gasteiger partial charge on any atom is 0.320 e. The minimum Gasteiger partial charge on any atom is -0.480 e. The maximum atomic E-state index is 13.8. The summed E-state index contributed by atoms with van der Waals surface area (Å²) in [6, 6.07) is 13.0. The number of rotatable bonds is 8. The van der Waals surface area contributed by atoms with Crippen molar-refractivity contribution in [3.05, 3.63) is 70.5 Å². The van der Waals surface area contributed by atoms with Gasteiger partial charge in [-0.1, -0.05) is 71.9 Å². The predicted octanol–water partition coefficient (Wildman–Crippen LogP) is 7.47. The number of ether oxygens (including phenoxy) is 1. The molecule has 0 bridgehead atoms. The van der Waals surface area contributed by atoms with Crippen LogP contribution in [0, 0.1) is 11.7 Å². The molecule has 1 fully saturated rings. The summed E-state index contributed by atoms with van der Waals surface area (Å²) in [5, 5.41) is 9.49. The van der Waals surface area contributed by atoms with Crippen LogP contribution in [0.25, 0.3) is 0 Å². The summed E-state index contributed by atoms with van der Waals surface area (Å²) in [7, 11) is 1.86. The number of hydrogen-bond donors (Lipinski definition) is 1. The summed E-state index contributed by atoms with van der Waals surface area (Å²) < 4.78 is 20.6. The van der Waals surface area contributed by atoms with E-state index in [0.29, 0.717) is 6.54 Å². The molecule has 204 valence electrons. The normalized spacial score (nSPS) is 22.3. The topological polar surface area (TPSA) is 49.8 Å². The molecule has 0 spiro atoms. The highest BCUT2D eigenvalue weighted by Crippen LogP contribution is 2.45. The Morgan fingerprint density at radius 2 is 1.65 bits per heavy atom. The Morgan fingerprint density at radius 3 is 2.19 bits per heavy atom. The van der Waals surface area contributed by atoms with Gasteiger partial charge in [-0.15, -0.1) is 0 Å². The molecule has 1 aliphatic carbocycles. The summed E-state index contributed by atoms with van der Waals surface area (Å²) in [6.07, 6.45) is 1.68. The summed E-state index contributed by atoms with van der Waals surface area (Å²) in [6.45, 7) is 18.0. The highest BCUT2D eigenvalue weighted by Gasteiger charge is 2.40. The third-order valence-electron chi connectivity index (χ3n) is 8.07. The second-order valence-corrected chi connectivity index (χ2v) is 13.0. The third-order valence-corrected chi connectivity index (χ3v) is 8.07. The van der Waals surface area contributed by atoms with Gasteiger partial charge in [0.25, 0.3) is 0 Å². The van der Waals surface area contributed by atoms with Gasteiger partial charge in [-0.25, -0.2) is 4.39 Å². The number of aliphatic carboxylic acids is 1. The van der Waals surface area contributed by atoms with Gasteiger partial charge in [0.05, 0.1) is 12.2 Å². The van der Waals surface area contributed by atoms with Crippen LogP contribution in [-0.2, 0) is 20.4 Å². The van der Waals surface area contributed by atoms with Crippen LogP contribution in [0.2, 0.25) is 0 Å². The molecular weight excluding hydrogens is 465 g/mol.